The normalized spacial score (nSPS) is 20.9. The molecule has 0 fully saturated rings. The minimum atomic E-state index is -3.33. The van der Waals surface area contributed by atoms with Crippen LogP contribution in [0, 0.1) is 0 Å². The summed E-state index contributed by atoms with van der Waals surface area (Å²) < 4.78 is 23.7. The number of hydrogen-bond acceptors (Lipinski definition) is 5. The Morgan fingerprint density at radius 1 is 1.20 bits per heavy atom. The molecule has 132 valence electrons. The van der Waals surface area contributed by atoms with E-state index in [0.29, 0.717) is 21.3 Å². The third kappa shape index (κ3) is 3.35. The summed E-state index contributed by atoms with van der Waals surface area (Å²) in [5.41, 5.74) is -0.570. The topological polar surface area (TPSA) is 104 Å². The fourth-order valence-electron chi connectivity index (χ4n) is 2.85. The number of rotatable bonds is 4. The van der Waals surface area contributed by atoms with Crippen LogP contribution in [-0.2, 0) is 20.2 Å². The highest BCUT2D eigenvalue weighted by molar-refractivity contribution is 9.10. The average Bonchev–Trinajstić information content (AvgIpc) is 2.78. The Morgan fingerprint density at radius 3 is 2.44 bits per heavy atom. The van der Waals surface area contributed by atoms with Gasteiger partial charge in [0.05, 0.1) is 11.0 Å². The van der Waals surface area contributed by atoms with Crippen molar-refractivity contribution >= 4 is 37.4 Å². The number of hydrogen-bond donors (Lipinski definition) is 3. The van der Waals surface area contributed by atoms with Crippen molar-refractivity contribution in [1.29, 1.82) is 0 Å². The molecule has 0 saturated carbocycles. The first kappa shape index (κ1) is 18.1. The molecule has 0 radical (unpaired) electrons. The van der Waals surface area contributed by atoms with E-state index in [1.54, 1.807) is 18.2 Å². The standard InChI is InChI=1S/C17H16BrNO5S/c1-25(23,24)12-5-2-10(3-6-12)15(20)9-17(22)13-8-11(18)4-7-14(13)19-16(17)21/h2-8,15,20,22H,9H2,1H3,(H,19,21). The van der Waals surface area contributed by atoms with Gasteiger partial charge < -0.3 is 15.5 Å². The number of aliphatic hydroxyl groups excluding tert-OH is 1. The summed E-state index contributed by atoms with van der Waals surface area (Å²) in [7, 11) is -3.33. The van der Waals surface area contributed by atoms with Crippen molar-refractivity contribution in [3.63, 3.8) is 0 Å². The van der Waals surface area contributed by atoms with Crippen molar-refractivity contribution in [2.45, 2.75) is 23.0 Å². The minimum Gasteiger partial charge on any atom is -0.388 e. The second-order valence-electron chi connectivity index (χ2n) is 6.07. The molecule has 2 atom stereocenters. The van der Waals surface area contributed by atoms with Gasteiger partial charge in [-0.05, 0) is 35.9 Å². The Hall–Kier alpha value is -1.74. The largest absolute Gasteiger partial charge is 0.388 e. The van der Waals surface area contributed by atoms with E-state index in [0.717, 1.165) is 6.26 Å². The van der Waals surface area contributed by atoms with Crippen molar-refractivity contribution < 1.29 is 23.4 Å². The van der Waals surface area contributed by atoms with Crippen LogP contribution < -0.4 is 5.32 Å². The molecule has 0 spiro atoms. The van der Waals surface area contributed by atoms with Gasteiger partial charge in [-0.3, -0.25) is 4.79 Å². The number of halogens is 1. The van der Waals surface area contributed by atoms with Crippen LogP contribution >= 0.6 is 15.9 Å². The molecule has 0 aliphatic carbocycles. The minimum absolute atomic E-state index is 0.134. The summed E-state index contributed by atoms with van der Waals surface area (Å²) >= 11 is 3.30. The second kappa shape index (κ2) is 6.21. The first-order valence-electron chi connectivity index (χ1n) is 7.43. The number of benzene rings is 2. The predicted octanol–water partition coefficient (Wildman–Crippen LogP) is 2.12. The van der Waals surface area contributed by atoms with E-state index >= 15 is 0 Å². The summed E-state index contributed by atoms with van der Waals surface area (Å²) in [4.78, 5) is 12.4. The quantitative estimate of drug-likeness (QED) is 0.695. The summed E-state index contributed by atoms with van der Waals surface area (Å²) in [6.45, 7) is 0. The number of carbonyl (C=O) groups is 1. The highest BCUT2D eigenvalue weighted by Crippen LogP contribution is 2.42. The van der Waals surface area contributed by atoms with Gasteiger partial charge in [0.25, 0.3) is 5.91 Å². The Bertz CT molecular complexity index is 942. The van der Waals surface area contributed by atoms with E-state index in [1.807, 2.05) is 0 Å². The van der Waals surface area contributed by atoms with E-state index in [1.165, 1.54) is 24.3 Å². The average molecular weight is 426 g/mol. The van der Waals surface area contributed by atoms with E-state index in [2.05, 4.69) is 21.2 Å². The number of carbonyl (C=O) groups excluding carboxylic acids is 1. The zero-order valence-corrected chi connectivity index (χ0v) is 15.6. The predicted molar refractivity (Wildman–Crippen MR) is 95.8 cm³/mol. The van der Waals surface area contributed by atoms with Crippen LogP contribution in [-0.4, -0.2) is 30.8 Å². The zero-order valence-electron chi connectivity index (χ0n) is 13.2. The zero-order chi connectivity index (χ0) is 18.4. The van der Waals surface area contributed by atoms with Gasteiger partial charge in [0, 0.05) is 28.4 Å². The molecule has 2 aromatic rings. The molecular formula is C17H16BrNO5S. The fourth-order valence-corrected chi connectivity index (χ4v) is 3.84. The van der Waals surface area contributed by atoms with Gasteiger partial charge in [0.1, 0.15) is 0 Å². The van der Waals surface area contributed by atoms with Gasteiger partial charge in [-0.1, -0.05) is 28.1 Å². The highest BCUT2D eigenvalue weighted by atomic mass is 79.9. The molecule has 3 rings (SSSR count). The van der Waals surface area contributed by atoms with Gasteiger partial charge >= 0.3 is 0 Å². The van der Waals surface area contributed by atoms with Gasteiger partial charge in [0.2, 0.25) is 0 Å². The third-order valence-corrected chi connectivity index (χ3v) is 5.85. The molecule has 1 amide bonds. The third-order valence-electron chi connectivity index (χ3n) is 4.23. The van der Waals surface area contributed by atoms with Crippen LogP contribution in [0.25, 0.3) is 0 Å². The molecule has 1 aliphatic rings. The van der Waals surface area contributed by atoms with Gasteiger partial charge in [-0.2, -0.15) is 0 Å². The van der Waals surface area contributed by atoms with Crippen LogP contribution in [0.15, 0.2) is 51.8 Å². The van der Waals surface area contributed by atoms with Gasteiger partial charge in [-0.15, -0.1) is 0 Å². The number of anilines is 1. The smallest absolute Gasteiger partial charge is 0.261 e. The lowest BCUT2D eigenvalue weighted by Crippen LogP contribution is -2.35. The SMILES string of the molecule is CS(=O)(=O)c1ccc(C(O)CC2(O)C(=O)Nc3ccc(Br)cc32)cc1. The van der Waals surface area contributed by atoms with Crippen molar-refractivity contribution in [1.82, 2.24) is 0 Å². The van der Waals surface area contributed by atoms with Crippen LogP contribution in [0.4, 0.5) is 5.69 Å². The number of amides is 1. The molecule has 1 heterocycles. The van der Waals surface area contributed by atoms with E-state index in [9.17, 15) is 23.4 Å². The second-order valence-corrected chi connectivity index (χ2v) is 9.00. The molecule has 0 saturated heterocycles. The lowest BCUT2D eigenvalue weighted by molar-refractivity contribution is -0.137. The van der Waals surface area contributed by atoms with E-state index in [4.69, 9.17) is 0 Å². The number of sulfone groups is 1. The van der Waals surface area contributed by atoms with Crippen LogP contribution in [0.2, 0.25) is 0 Å². The molecule has 25 heavy (non-hydrogen) atoms. The Morgan fingerprint density at radius 2 is 1.84 bits per heavy atom. The lowest BCUT2D eigenvalue weighted by Gasteiger charge is -2.24. The summed E-state index contributed by atoms with van der Waals surface area (Å²) in [6, 6.07) is 10.8. The van der Waals surface area contributed by atoms with Crippen molar-refractivity contribution in [2.24, 2.45) is 0 Å². The first-order chi connectivity index (χ1) is 11.6. The maximum atomic E-state index is 12.2. The van der Waals surface area contributed by atoms with Crippen molar-refractivity contribution in [2.75, 3.05) is 11.6 Å². The molecule has 2 aromatic carbocycles. The maximum absolute atomic E-state index is 12.2. The molecular weight excluding hydrogens is 410 g/mol. The Labute approximate surface area is 153 Å². The summed E-state index contributed by atoms with van der Waals surface area (Å²) in [6.07, 6.45) is -0.298. The van der Waals surface area contributed by atoms with Crippen LogP contribution in [0.1, 0.15) is 23.7 Å². The van der Waals surface area contributed by atoms with Crippen LogP contribution in [0.5, 0.6) is 0 Å². The number of fused-ring (bicyclic) bond motifs is 1. The van der Waals surface area contributed by atoms with Crippen LogP contribution in [0.3, 0.4) is 0 Å². The summed E-state index contributed by atoms with van der Waals surface area (Å²) in [5.74, 6) is -0.604. The van der Waals surface area contributed by atoms with Crippen molar-refractivity contribution in [3.8, 4) is 0 Å². The summed E-state index contributed by atoms with van der Waals surface area (Å²) in [5, 5.41) is 23.9. The molecule has 0 aromatic heterocycles. The number of nitrogens with one attached hydrogen (secondary N) is 1. The van der Waals surface area contributed by atoms with Gasteiger partial charge in [-0.25, -0.2) is 8.42 Å². The monoisotopic (exact) mass is 425 g/mol. The Balaban J connectivity index is 1.89. The lowest BCUT2D eigenvalue weighted by atomic mass is 9.87. The molecule has 6 nitrogen and oxygen atoms in total. The molecule has 8 heteroatoms. The molecule has 2 unspecified atom stereocenters. The Kier molecular flexibility index (Phi) is 4.48. The van der Waals surface area contributed by atoms with Crippen molar-refractivity contribution in [3.05, 3.63) is 58.1 Å². The molecule has 1 aliphatic heterocycles. The molecule has 3 N–H and O–H groups in total. The fraction of sp³-hybridized carbons (Fsp3) is 0.235. The van der Waals surface area contributed by atoms with E-state index < -0.39 is 27.4 Å². The maximum Gasteiger partial charge on any atom is 0.261 e. The molecule has 0 bridgehead atoms. The van der Waals surface area contributed by atoms with Gasteiger partial charge in [0.15, 0.2) is 15.4 Å². The first-order valence-corrected chi connectivity index (χ1v) is 10.1. The van der Waals surface area contributed by atoms with E-state index in [-0.39, 0.29) is 11.3 Å². The highest BCUT2D eigenvalue weighted by Gasteiger charge is 2.46. The number of aliphatic hydroxyl groups is 2.